The Labute approximate surface area is 118 Å². The summed E-state index contributed by atoms with van der Waals surface area (Å²) in [4.78, 5) is 11.6. The van der Waals surface area contributed by atoms with Crippen LogP contribution in [0.2, 0.25) is 0 Å². The Morgan fingerprint density at radius 2 is 2.00 bits per heavy atom. The first-order valence-corrected chi connectivity index (χ1v) is 6.98. The Hall–Kier alpha value is -2.04. The van der Waals surface area contributed by atoms with Crippen LogP contribution in [0.1, 0.15) is 31.7 Å². The highest BCUT2D eigenvalue weighted by atomic mass is 16.5. The molecule has 1 fully saturated rings. The maximum Gasteiger partial charge on any atom is 0.243 e. The van der Waals surface area contributed by atoms with Crippen molar-refractivity contribution in [1.29, 1.82) is 0 Å². The molecule has 20 heavy (non-hydrogen) atoms. The molecule has 1 saturated carbocycles. The van der Waals surface area contributed by atoms with Crippen LogP contribution in [-0.4, -0.2) is 24.8 Å². The molecular weight excluding hydrogens is 256 g/mol. The molecule has 1 amide bonds. The largest absolute Gasteiger partial charge is 0.490 e. The van der Waals surface area contributed by atoms with Gasteiger partial charge in [0.1, 0.15) is 0 Å². The van der Waals surface area contributed by atoms with E-state index in [9.17, 15) is 4.79 Å². The summed E-state index contributed by atoms with van der Waals surface area (Å²) in [5, 5.41) is 4.15. The predicted molar refractivity (Wildman–Crippen MR) is 75.1 cm³/mol. The van der Waals surface area contributed by atoms with Crippen LogP contribution in [0.3, 0.4) is 0 Å². The molecule has 2 aliphatic rings. The number of benzene rings is 1. The van der Waals surface area contributed by atoms with Crippen LogP contribution >= 0.6 is 0 Å². The fraction of sp³-hybridized carbons (Fsp3) is 0.467. The molecule has 1 aliphatic carbocycles. The van der Waals surface area contributed by atoms with Gasteiger partial charge in [-0.3, -0.25) is 4.79 Å². The first-order valence-electron chi connectivity index (χ1n) is 6.98. The third kappa shape index (κ3) is 2.92. The van der Waals surface area contributed by atoms with Crippen molar-refractivity contribution in [2.24, 2.45) is 11.0 Å². The summed E-state index contributed by atoms with van der Waals surface area (Å²) in [6.45, 7) is 3.20. The number of fused-ring (bicyclic) bond motifs is 1. The molecule has 0 saturated heterocycles. The fourth-order valence-corrected chi connectivity index (χ4v) is 2.03. The molecule has 0 bridgehead atoms. The van der Waals surface area contributed by atoms with Gasteiger partial charge in [-0.15, -0.1) is 0 Å². The van der Waals surface area contributed by atoms with Gasteiger partial charge in [0.2, 0.25) is 5.91 Å². The zero-order valence-corrected chi connectivity index (χ0v) is 11.5. The quantitative estimate of drug-likeness (QED) is 0.678. The molecular formula is C15H18N2O3. The van der Waals surface area contributed by atoms with Gasteiger partial charge >= 0.3 is 0 Å². The Kier molecular flexibility index (Phi) is 3.58. The number of carbonyl (C=O) groups excluding carboxylic acids is 1. The molecule has 1 N–H and O–H groups in total. The Morgan fingerprint density at radius 1 is 1.25 bits per heavy atom. The Bertz CT molecular complexity index is 550. The molecule has 0 aromatic heterocycles. The number of hydrazone groups is 1. The van der Waals surface area contributed by atoms with E-state index in [1.807, 2.05) is 25.1 Å². The lowest BCUT2D eigenvalue weighted by Crippen LogP contribution is -2.20. The van der Waals surface area contributed by atoms with Crippen molar-refractivity contribution in [3.05, 3.63) is 23.8 Å². The average Bonchev–Trinajstić information content (AvgIpc) is 3.29. The van der Waals surface area contributed by atoms with E-state index >= 15 is 0 Å². The zero-order chi connectivity index (χ0) is 13.9. The van der Waals surface area contributed by atoms with Crippen LogP contribution in [0, 0.1) is 5.92 Å². The first kappa shape index (κ1) is 13.0. The van der Waals surface area contributed by atoms with E-state index in [1.165, 1.54) is 0 Å². The summed E-state index contributed by atoms with van der Waals surface area (Å²) in [5.74, 6) is 1.68. The topological polar surface area (TPSA) is 59.9 Å². The van der Waals surface area contributed by atoms with Crippen molar-refractivity contribution in [3.8, 4) is 11.5 Å². The molecule has 0 atom stereocenters. The number of nitrogens with zero attached hydrogens (tertiary/aromatic N) is 1. The standard InChI is InChI=1S/C15H18N2O3/c1-10(16-17-15(18)11-3-4-11)12-5-6-13-14(9-12)20-8-2-7-19-13/h5-6,9,11H,2-4,7-8H2,1H3,(H,17,18)/b16-10+. The second-order valence-electron chi connectivity index (χ2n) is 5.16. The number of hydrogen-bond donors (Lipinski definition) is 1. The highest BCUT2D eigenvalue weighted by Crippen LogP contribution is 2.31. The molecule has 5 heteroatoms. The van der Waals surface area contributed by atoms with E-state index in [1.54, 1.807) is 0 Å². The second-order valence-corrected chi connectivity index (χ2v) is 5.16. The van der Waals surface area contributed by atoms with Crippen molar-refractivity contribution >= 4 is 11.6 Å². The zero-order valence-electron chi connectivity index (χ0n) is 11.5. The number of carbonyl (C=O) groups is 1. The van der Waals surface area contributed by atoms with Gasteiger partial charge in [-0.1, -0.05) is 0 Å². The number of amides is 1. The summed E-state index contributed by atoms with van der Waals surface area (Å²) in [7, 11) is 0. The maximum absolute atomic E-state index is 11.6. The molecule has 5 nitrogen and oxygen atoms in total. The van der Waals surface area contributed by atoms with E-state index in [2.05, 4.69) is 10.5 Å². The van der Waals surface area contributed by atoms with Crippen molar-refractivity contribution < 1.29 is 14.3 Å². The highest BCUT2D eigenvalue weighted by Gasteiger charge is 2.29. The van der Waals surface area contributed by atoms with Gasteiger partial charge < -0.3 is 9.47 Å². The number of nitrogens with one attached hydrogen (secondary N) is 1. The Morgan fingerprint density at radius 3 is 2.75 bits per heavy atom. The van der Waals surface area contributed by atoms with Crippen LogP contribution < -0.4 is 14.9 Å². The predicted octanol–water partition coefficient (Wildman–Crippen LogP) is 2.10. The third-order valence-electron chi connectivity index (χ3n) is 3.45. The van der Waals surface area contributed by atoms with Crippen LogP contribution in [0.25, 0.3) is 0 Å². The van der Waals surface area contributed by atoms with Crippen molar-refractivity contribution in [2.45, 2.75) is 26.2 Å². The van der Waals surface area contributed by atoms with Crippen molar-refractivity contribution in [3.63, 3.8) is 0 Å². The molecule has 1 aliphatic heterocycles. The molecule has 1 aromatic rings. The summed E-state index contributed by atoms with van der Waals surface area (Å²) in [6.07, 6.45) is 2.84. The minimum Gasteiger partial charge on any atom is -0.490 e. The summed E-state index contributed by atoms with van der Waals surface area (Å²) >= 11 is 0. The van der Waals surface area contributed by atoms with E-state index in [-0.39, 0.29) is 11.8 Å². The lowest BCUT2D eigenvalue weighted by atomic mass is 10.1. The van der Waals surface area contributed by atoms with Gasteiger partial charge in [-0.2, -0.15) is 5.10 Å². The monoisotopic (exact) mass is 274 g/mol. The molecule has 3 rings (SSSR count). The number of hydrogen-bond acceptors (Lipinski definition) is 4. The lowest BCUT2D eigenvalue weighted by Gasteiger charge is -2.09. The highest BCUT2D eigenvalue weighted by molar-refractivity contribution is 5.99. The van der Waals surface area contributed by atoms with Crippen LogP contribution in [0.4, 0.5) is 0 Å². The van der Waals surface area contributed by atoms with Gasteiger partial charge in [0.15, 0.2) is 11.5 Å². The van der Waals surface area contributed by atoms with Crippen molar-refractivity contribution in [1.82, 2.24) is 5.43 Å². The van der Waals surface area contributed by atoms with Crippen LogP contribution in [0.15, 0.2) is 23.3 Å². The number of ether oxygens (including phenoxy) is 2. The van der Waals surface area contributed by atoms with Crippen LogP contribution in [-0.2, 0) is 4.79 Å². The van der Waals surface area contributed by atoms with Crippen molar-refractivity contribution in [2.75, 3.05) is 13.2 Å². The minimum atomic E-state index is 0.0127. The van der Waals surface area contributed by atoms with Gasteiger partial charge in [-0.05, 0) is 38.0 Å². The van der Waals surface area contributed by atoms with E-state index in [4.69, 9.17) is 9.47 Å². The van der Waals surface area contributed by atoms with Crippen LogP contribution in [0.5, 0.6) is 11.5 Å². The Balaban J connectivity index is 1.73. The van der Waals surface area contributed by atoms with E-state index in [0.29, 0.717) is 13.2 Å². The van der Waals surface area contributed by atoms with E-state index in [0.717, 1.165) is 42.0 Å². The van der Waals surface area contributed by atoms with Gasteiger partial charge in [0.25, 0.3) is 0 Å². The molecule has 1 heterocycles. The van der Waals surface area contributed by atoms with Gasteiger partial charge in [0.05, 0.1) is 18.9 Å². The SMILES string of the molecule is C/C(=N\NC(=O)C1CC1)c1ccc2c(c1)OCCCO2. The minimum absolute atomic E-state index is 0.0127. The normalized spacial score (nSPS) is 18.4. The molecule has 0 unspecified atom stereocenters. The summed E-state index contributed by atoms with van der Waals surface area (Å²) < 4.78 is 11.2. The molecule has 0 spiro atoms. The smallest absolute Gasteiger partial charge is 0.243 e. The first-order chi connectivity index (χ1) is 9.74. The van der Waals surface area contributed by atoms with E-state index < -0.39 is 0 Å². The number of rotatable bonds is 3. The fourth-order valence-electron chi connectivity index (χ4n) is 2.03. The van der Waals surface area contributed by atoms with Gasteiger partial charge in [0, 0.05) is 17.9 Å². The second kappa shape index (κ2) is 5.53. The summed E-state index contributed by atoms with van der Waals surface area (Å²) in [6, 6.07) is 5.72. The van der Waals surface area contributed by atoms with Gasteiger partial charge in [-0.25, -0.2) is 5.43 Å². The average molecular weight is 274 g/mol. The summed E-state index contributed by atoms with van der Waals surface area (Å²) in [5.41, 5.74) is 4.29. The molecule has 1 aromatic carbocycles. The third-order valence-corrected chi connectivity index (χ3v) is 3.45. The molecule has 106 valence electrons. The lowest BCUT2D eigenvalue weighted by molar-refractivity contribution is -0.122. The molecule has 0 radical (unpaired) electrons. The maximum atomic E-state index is 11.6.